The number of rotatable bonds is 13. The predicted molar refractivity (Wildman–Crippen MR) is 152 cm³/mol. The highest BCUT2D eigenvalue weighted by Crippen LogP contribution is 2.36. The van der Waals surface area contributed by atoms with Crippen LogP contribution in [0.1, 0.15) is 36.2 Å². The first-order chi connectivity index (χ1) is 18.8. The van der Waals surface area contributed by atoms with Crippen molar-refractivity contribution in [2.24, 2.45) is 5.10 Å². The number of nitrogens with one attached hydrogen (secondary N) is 2. The molecule has 2 N–H and O–H groups in total. The largest absolute Gasteiger partial charge is 0.493 e. The lowest BCUT2D eigenvalue weighted by Crippen LogP contribution is -2.20. The van der Waals surface area contributed by atoms with Gasteiger partial charge in [0.1, 0.15) is 0 Å². The standard InChI is InChI=1S/C28H29Cl2N3O6/c1-4-12-38-23-11-6-19(15-24(23)36-3)28(35)33-31-16-18-13-22(30)27(25(14-18)37-5-2)39-17-26(34)32-21-9-7-20(29)8-10-21/h6-11,13-16H,4-5,12,17H2,1-3H3,(H,32,34)(H,33,35)/b31-16+. The second-order valence-corrected chi connectivity index (χ2v) is 8.86. The highest BCUT2D eigenvalue weighted by Gasteiger charge is 2.15. The van der Waals surface area contributed by atoms with Gasteiger partial charge in [-0.15, -0.1) is 0 Å². The third-order valence-corrected chi connectivity index (χ3v) is 5.61. The van der Waals surface area contributed by atoms with E-state index in [1.165, 1.54) is 13.3 Å². The van der Waals surface area contributed by atoms with Crippen LogP contribution in [0.2, 0.25) is 10.0 Å². The van der Waals surface area contributed by atoms with Gasteiger partial charge in [0.2, 0.25) is 0 Å². The molecule has 0 unspecified atom stereocenters. The van der Waals surface area contributed by atoms with Crippen LogP contribution in [0.15, 0.2) is 59.7 Å². The van der Waals surface area contributed by atoms with Gasteiger partial charge in [-0.1, -0.05) is 30.1 Å². The van der Waals surface area contributed by atoms with E-state index >= 15 is 0 Å². The van der Waals surface area contributed by atoms with E-state index in [1.54, 1.807) is 61.5 Å². The van der Waals surface area contributed by atoms with Crippen LogP contribution in [0, 0.1) is 0 Å². The summed E-state index contributed by atoms with van der Waals surface area (Å²) in [6, 6.07) is 14.8. The Labute approximate surface area is 237 Å². The molecule has 39 heavy (non-hydrogen) atoms. The van der Waals surface area contributed by atoms with Gasteiger partial charge in [0.15, 0.2) is 29.6 Å². The highest BCUT2D eigenvalue weighted by atomic mass is 35.5. The lowest BCUT2D eigenvalue weighted by Gasteiger charge is -2.14. The Morgan fingerprint density at radius 3 is 2.38 bits per heavy atom. The number of carbonyl (C=O) groups is 2. The Morgan fingerprint density at radius 1 is 0.923 bits per heavy atom. The molecular weight excluding hydrogens is 545 g/mol. The third kappa shape index (κ3) is 8.80. The summed E-state index contributed by atoms with van der Waals surface area (Å²) in [4.78, 5) is 24.9. The summed E-state index contributed by atoms with van der Waals surface area (Å²) in [6.07, 6.45) is 2.27. The zero-order chi connectivity index (χ0) is 28.2. The van der Waals surface area contributed by atoms with Gasteiger partial charge in [0, 0.05) is 16.3 Å². The minimum absolute atomic E-state index is 0.209. The maximum Gasteiger partial charge on any atom is 0.271 e. The van der Waals surface area contributed by atoms with Crippen LogP contribution in [-0.2, 0) is 4.79 Å². The van der Waals surface area contributed by atoms with Gasteiger partial charge in [0.25, 0.3) is 11.8 Å². The van der Waals surface area contributed by atoms with E-state index in [0.29, 0.717) is 52.3 Å². The number of hydrogen-bond acceptors (Lipinski definition) is 7. The molecule has 0 spiro atoms. The van der Waals surface area contributed by atoms with E-state index in [2.05, 4.69) is 15.8 Å². The van der Waals surface area contributed by atoms with E-state index in [1.807, 2.05) is 6.92 Å². The molecule has 3 aromatic rings. The Morgan fingerprint density at radius 2 is 1.69 bits per heavy atom. The van der Waals surface area contributed by atoms with Gasteiger partial charge in [-0.05, 0) is 73.5 Å². The van der Waals surface area contributed by atoms with Crippen LogP contribution in [-0.4, -0.2) is 45.0 Å². The van der Waals surface area contributed by atoms with Crippen LogP contribution < -0.4 is 29.7 Å². The quantitative estimate of drug-likeness (QED) is 0.192. The summed E-state index contributed by atoms with van der Waals surface area (Å²) in [7, 11) is 1.51. The summed E-state index contributed by atoms with van der Waals surface area (Å²) in [5.74, 6) is 0.723. The minimum Gasteiger partial charge on any atom is -0.493 e. The number of nitrogens with zero attached hydrogens (tertiary/aromatic N) is 1. The Bertz CT molecular complexity index is 1320. The van der Waals surface area contributed by atoms with Gasteiger partial charge in [-0.2, -0.15) is 5.10 Å². The maximum absolute atomic E-state index is 12.6. The first kappa shape index (κ1) is 29.6. The number of anilines is 1. The number of hydrazone groups is 1. The molecule has 9 nitrogen and oxygen atoms in total. The second kappa shape index (κ2) is 14.8. The molecule has 11 heteroatoms. The van der Waals surface area contributed by atoms with Crippen molar-refractivity contribution in [1.82, 2.24) is 5.43 Å². The van der Waals surface area contributed by atoms with Crippen LogP contribution >= 0.6 is 23.2 Å². The van der Waals surface area contributed by atoms with Gasteiger partial charge in [0.05, 0.1) is 31.6 Å². The molecule has 0 radical (unpaired) electrons. The van der Waals surface area contributed by atoms with E-state index in [9.17, 15) is 9.59 Å². The van der Waals surface area contributed by atoms with Gasteiger partial charge < -0.3 is 24.3 Å². The van der Waals surface area contributed by atoms with Crippen LogP contribution in [0.4, 0.5) is 5.69 Å². The third-order valence-electron chi connectivity index (χ3n) is 5.07. The van der Waals surface area contributed by atoms with Gasteiger partial charge in [-0.3, -0.25) is 9.59 Å². The van der Waals surface area contributed by atoms with Crippen LogP contribution in [0.5, 0.6) is 23.0 Å². The van der Waals surface area contributed by atoms with E-state index in [-0.39, 0.29) is 23.3 Å². The Hall–Kier alpha value is -3.95. The Balaban J connectivity index is 1.65. The predicted octanol–water partition coefficient (Wildman–Crippen LogP) is 5.97. The molecule has 0 aromatic heterocycles. The van der Waals surface area contributed by atoms with Crippen molar-refractivity contribution in [1.29, 1.82) is 0 Å². The summed E-state index contributed by atoms with van der Waals surface area (Å²) in [5, 5.41) is 7.50. The van der Waals surface area contributed by atoms with Crippen molar-refractivity contribution in [3.63, 3.8) is 0 Å². The first-order valence-electron chi connectivity index (χ1n) is 12.1. The fraction of sp³-hybridized carbons (Fsp3) is 0.250. The van der Waals surface area contributed by atoms with Crippen molar-refractivity contribution in [2.45, 2.75) is 20.3 Å². The average molecular weight is 574 g/mol. The van der Waals surface area contributed by atoms with E-state index < -0.39 is 5.91 Å². The SMILES string of the molecule is CCCOc1ccc(C(=O)N/N=C/c2cc(Cl)c(OCC(=O)Nc3ccc(Cl)cc3)c(OCC)c2)cc1OC. The zero-order valence-electron chi connectivity index (χ0n) is 21.8. The lowest BCUT2D eigenvalue weighted by molar-refractivity contribution is -0.118. The highest BCUT2D eigenvalue weighted by molar-refractivity contribution is 6.32. The zero-order valence-corrected chi connectivity index (χ0v) is 23.3. The van der Waals surface area contributed by atoms with E-state index in [0.717, 1.165) is 6.42 Å². The molecule has 0 aliphatic carbocycles. The van der Waals surface area contributed by atoms with Crippen molar-refractivity contribution in [3.8, 4) is 23.0 Å². The molecule has 2 amide bonds. The molecule has 0 aliphatic rings. The number of ether oxygens (including phenoxy) is 4. The minimum atomic E-state index is -0.436. The molecule has 0 aliphatic heterocycles. The number of methoxy groups -OCH3 is 1. The number of halogens is 2. The van der Waals surface area contributed by atoms with Crippen LogP contribution in [0.3, 0.4) is 0 Å². The van der Waals surface area contributed by atoms with Crippen molar-refractivity contribution >= 4 is 46.9 Å². The topological polar surface area (TPSA) is 107 Å². The molecule has 0 heterocycles. The lowest BCUT2D eigenvalue weighted by atomic mass is 10.2. The van der Waals surface area contributed by atoms with Gasteiger partial charge >= 0.3 is 0 Å². The summed E-state index contributed by atoms with van der Waals surface area (Å²) < 4.78 is 22.2. The summed E-state index contributed by atoms with van der Waals surface area (Å²) in [6.45, 7) is 4.39. The molecule has 3 aromatic carbocycles. The van der Waals surface area contributed by atoms with Crippen molar-refractivity contribution in [2.75, 3.05) is 32.2 Å². The number of benzene rings is 3. The second-order valence-electron chi connectivity index (χ2n) is 8.02. The molecule has 3 rings (SSSR count). The fourth-order valence-corrected chi connectivity index (χ4v) is 3.70. The van der Waals surface area contributed by atoms with E-state index in [4.69, 9.17) is 42.1 Å². The molecule has 0 bridgehead atoms. The number of carbonyl (C=O) groups excluding carboxylic acids is 2. The normalized spacial score (nSPS) is 10.7. The molecule has 0 saturated heterocycles. The number of amides is 2. The van der Waals surface area contributed by atoms with Crippen molar-refractivity contribution < 1.29 is 28.5 Å². The number of hydrogen-bond donors (Lipinski definition) is 2. The molecular formula is C28H29Cl2N3O6. The monoisotopic (exact) mass is 573 g/mol. The average Bonchev–Trinajstić information content (AvgIpc) is 2.92. The molecule has 0 fully saturated rings. The first-order valence-corrected chi connectivity index (χ1v) is 12.9. The van der Waals surface area contributed by atoms with Crippen molar-refractivity contribution in [3.05, 3.63) is 75.8 Å². The smallest absolute Gasteiger partial charge is 0.271 e. The molecule has 0 saturated carbocycles. The van der Waals surface area contributed by atoms with Gasteiger partial charge in [-0.25, -0.2) is 5.43 Å². The fourth-order valence-electron chi connectivity index (χ4n) is 3.30. The summed E-state index contributed by atoms with van der Waals surface area (Å²) >= 11 is 12.3. The van der Waals surface area contributed by atoms with Crippen LogP contribution in [0.25, 0.3) is 0 Å². The summed E-state index contributed by atoms with van der Waals surface area (Å²) in [5.41, 5.74) is 3.94. The molecule has 206 valence electrons. The maximum atomic E-state index is 12.6. The Kier molecular flexibility index (Phi) is 11.3. The molecule has 0 atom stereocenters.